The van der Waals surface area contributed by atoms with Crippen molar-refractivity contribution in [2.24, 2.45) is 0 Å². The van der Waals surface area contributed by atoms with Crippen molar-refractivity contribution >= 4 is 70.5 Å². The lowest BCUT2D eigenvalue weighted by Crippen LogP contribution is -2.41. The number of carbonyl (C=O) groups excluding carboxylic acids is 2. The third kappa shape index (κ3) is 14.5. The number of amides is 2. The maximum Gasteiger partial charge on any atom is 0.501 e. The molecule has 2 aromatic heterocycles. The minimum atomic E-state index is -5.53. The predicted octanol–water partition coefficient (Wildman–Crippen LogP) is 13.8. The molecule has 23 heteroatoms. The van der Waals surface area contributed by atoms with Gasteiger partial charge in [-0.05, 0) is 142 Å². The van der Waals surface area contributed by atoms with Crippen molar-refractivity contribution in [3.8, 4) is 22.5 Å². The van der Waals surface area contributed by atoms with Crippen LogP contribution >= 0.6 is 38.6 Å². The first-order valence-electron chi connectivity index (χ1n) is 22.7. The Hall–Kier alpha value is -3.80. The second-order valence-electron chi connectivity index (χ2n) is 21.6. The maximum absolute atomic E-state index is 13.3. The summed E-state index contributed by atoms with van der Waals surface area (Å²) in [7, 11) is -11.0. The average Bonchev–Trinajstić information content (AvgIpc) is 3.89. The predicted molar refractivity (Wildman–Crippen MR) is 266 cm³/mol. The van der Waals surface area contributed by atoms with Crippen molar-refractivity contribution in [3.05, 3.63) is 66.7 Å². The summed E-state index contributed by atoms with van der Waals surface area (Å²) < 4.78 is 140. The third-order valence-electron chi connectivity index (χ3n) is 11.5. The third-order valence-corrected chi connectivity index (χ3v) is 17.3. The molecule has 0 radical (unpaired) electrons. The number of rotatable bonds is 6. The molecule has 0 unspecified atom stereocenters. The van der Waals surface area contributed by atoms with Gasteiger partial charge in [0, 0.05) is 54.5 Å². The summed E-state index contributed by atoms with van der Waals surface area (Å²) in [6.07, 6.45) is 1.97. The Morgan fingerprint density at radius 2 is 0.972 bits per heavy atom. The van der Waals surface area contributed by atoms with E-state index in [2.05, 4.69) is 20.9 Å². The zero-order valence-electron chi connectivity index (χ0n) is 41.7. The number of sulfone groups is 2. The standard InChI is InChI=1S/C24H30BrF3N2O4S2.C24H31F3N2O4S2/c1-22(2,3)16-11-15(12-17(13-16)36(32,33)24(26,27)28)18-19(25)35-20(29-18)14-7-9-30(10-8-14)21(31)34-23(4,5)6;1-22(2,3)17-11-16(12-18(13-17)35(31,32)24(25,26)27)19-14-34-20(28-19)15-7-9-29(10-8-15)21(30)33-23(4,5)6/h11-14H,7-10H2,1-6H3;11-15H,7-10H2,1-6H3. The summed E-state index contributed by atoms with van der Waals surface area (Å²) in [6.45, 7) is 23.7. The minimum Gasteiger partial charge on any atom is -0.444 e. The normalized spacial score (nSPS) is 16.4. The Kier molecular flexibility index (Phi) is 17.1. The van der Waals surface area contributed by atoms with Gasteiger partial charge in [-0.1, -0.05) is 41.5 Å². The molecule has 2 fully saturated rings. The maximum atomic E-state index is 13.3. The van der Waals surface area contributed by atoms with Gasteiger partial charge in [0.25, 0.3) is 19.7 Å². The van der Waals surface area contributed by atoms with Crippen LogP contribution < -0.4 is 0 Å². The van der Waals surface area contributed by atoms with Gasteiger partial charge < -0.3 is 19.3 Å². The largest absolute Gasteiger partial charge is 0.501 e. The number of thiazole rings is 2. The number of alkyl halides is 6. The lowest BCUT2D eigenvalue weighted by Gasteiger charge is -2.32. The number of hydrogen-bond acceptors (Lipinski definition) is 12. The highest BCUT2D eigenvalue weighted by molar-refractivity contribution is 9.11. The molecule has 4 heterocycles. The zero-order valence-corrected chi connectivity index (χ0v) is 46.5. The molecule has 0 aliphatic carbocycles. The van der Waals surface area contributed by atoms with Crippen LogP contribution in [0.2, 0.25) is 0 Å². The molecule has 2 saturated heterocycles. The second-order valence-corrected chi connectivity index (χ2v) is 28.7. The Balaban J connectivity index is 0.000000264. The van der Waals surface area contributed by atoms with E-state index in [4.69, 9.17) is 14.5 Å². The molecule has 0 saturated carbocycles. The van der Waals surface area contributed by atoms with Crippen LogP contribution in [0.5, 0.6) is 0 Å². The number of carbonyl (C=O) groups is 2. The fraction of sp³-hybridized carbons (Fsp3) is 0.583. The summed E-state index contributed by atoms with van der Waals surface area (Å²) in [5.74, 6) is 0.152. The molecule has 12 nitrogen and oxygen atoms in total. The highest BCUT2D eigenvalue weighted by Crippen LogP contribution is 2.43. The molecular weight excluding hydrogens is 1080 g/mol. The van der Waals surface area contributed by atoms with Crippen LogP contribution in [0.15, 0.2) is 55.4 Å². The SMILES string of the molecule is CC(C)(C)OC(=O)N1CCC(c2nc(-c3cc(C(C)(C)C)cc(S(=O)(=O)C(F)(F)F)c3)c(Br)s2)CC1.CC(C)(C)OC(=O)N1CCC(c2nc(-c3cc(C(C)(C)C)cc(S(=O)(=O)C(F)(F)F)c3)cs2)CC1. The monoisotopic (exact) mass is 1140 g/mol. The molecule has 2 aliphatic heterocycles. The van der Waals surface area contributed by atoms with Crippen LogP contribution in [0.25, 0.3) is 22.5 Å². The Bertz CT molecular complexity index is 2800. The van der Waals surface area contributed by atoms with Gasteiger partial charge in [-0.3, -0.25) is 0 Å². The molecule has 0 atom stereocenters. The number of aromatic nitrogens is 2. The van der Waals surface area contributed by atoms with Gasteiger partial charge in [-0.25, -0.2) is 36.4 Å². The average molecular weight is 1140 g/mol. The first-order valence-corrected chi connectivity index (χ1v) is 28.2. The van der Waals surface area contributed by atoms with Gasteiger partial charge in [0.15, 0.2) is 0 Å². The van der Waals surface area contributed by atoms with Crippen molar-refractivity contribution in [2.75, 3.05) is 26.2 Å². The van der Waals surface area contributed by atoms with E-state index in [9.17, 15) is 52.8 Å². The van der Waals surface area contributed by atoms with Crippen molar-refractivity contribution in [3.63, 3.8) is 0 Å². The summed E-state index contributed by atoms with van der Waals surface area (Å²) >= 11 is 6.23. The highest BCUT2D eigenvalue weighted by atomic mass is 79.9. The molecule has 4 aromatic rings. The van der Waals surface area contributed by atoms with Crippen molar-refractivity contribution in [2.45, 2.75) is 163 Å². The molecule has 0 spiro atoms. The summed E-state index contributed by atoms with van der Waals surface area (Å²) in [5.41, 5.74) is -10.7. The molecule has 6 rings (SSSR count). The Morgan fingerprint density at radius 1 is 0.592 bits per heavy atom. The number of likely N-dealkylation sites (tertiary alicyclic amines) is 2. The lowest BCUT2D eigenvalue weighted by molar-refractivity contribution is -0.0442. The number of benzene rings is 2. The molecule has 394 valence electrons. The van der Waals surface area contributed by atoms with Crippen molar-refractivity contribution < 1.29 is 62.2 Å². The number of halogens is 7. The van der Waals surface area contributed by atoms with Crippen LogP contribution in [0.4, 0.5) is 35.9 Å². The van der Waals surface area contributed by atoms with Gasteiger partial charge in [-0.15, -0.1) is 22.7 Å². The smallest absolute Gasteiger partial charge is 0.444 e. The molecule has 2 aliphatic rings. The van der Waals surface area contributed by atoms with E-state index in [0.717, 1.165) is 34.3 Å². The van der Waals surface area contributed by atoms with E-state index < -0.39 is 62.5 Å². The molecule has 2 amide bonds. The van der Waals surface area contributed by atoms with Crippen LogP contribution in [-0.2, 0) is 40.0 Å². The van der Waals surface area contributed by atoms with Gasteiger partial charge >= 0.3 is 23.2 Å². The van der Waals surface area contributed by atoms with E-state index in [1.807, 2.05) is 41.5 Å². The summed E-state index contributed by atoms with van der Waals surface area (Å²) in [6, 6.07) is 7.63. The van der Waals surface area contributed by atoms with E-state index in [-0.39, 0.29) is 24.0 Å². The van der Waals surface area contributed by atoms with Crippen LogP contribution in [0, 0.1) is 0 Å². The van der Waals surface area contributed by atoms with E-state index >= 15 is 0 Å². The van der Waals surface area contributed by atoms with Crippen molar-refractivity contribution in [1.29, 1.82) is 0 Å². The van der Waals surface area contributed by atoms with Crippen LogP contribution in [-0.4, -0.2) is 97.2 Å². The number of hydrogen-bond donors (Lipinski definition) is 0. The zero-order chi connectivity index (χ0) is 53.7. The minimum absolute atomic E-state index is 0.0583. The lowest BCUT2D eigenvalue weighted by atomic mass is 9.86. The Labute approximate surface area is 428 Å². The topological polar surface area (TPSA) is 153 Å². The molecule has 71 heavy (non-hydrogen) atoms. The van der Waals surface area contributed by atoms with E-state index in [0.29, 0.717) is 89.3 Å². The van der Waals surface area contributed by atoms with E-state index in [1.54, 1.807) is 68.9 Å². The van der Waals surface area contributed by atoms with Gasteiger partial charge in [-0.2, -0.15) is 26.3 Å². The second kappa shape index (κ2) is 20.8. The molecule has 0 N–H and O–H groups in total. The van der Waals surface area contributed by atoms with Gasteiger partial charge in [0.1, 0.15) is 11.2 Å². The molecular formula is C48H61BrF6N4O8S4. The fourth-order valence-electron chi connectivity index (χ4n) is 7.47. The van der Waals surface area contributed by atoms with Crippen molar-refractivity contribution in [1.82, 2.24) is 19.8 Å². The first-order chi connectivity index (χ1) is 32.2. The number of piperidine rings is 2. The van der Waals surface area contributed by atoms with E-state index in [1.165, 1.54) is 22.7 Å². The number of ether oxygens (including phenoxy) is 2. The fourth-order valence-corrected chi connectivity index (χ4v) is 11.9. The van der Waals surface area contributed by atoms with Crippen LogP contribution in [0.1, 0.15) is 142 Å². The Morgan fingerprint density at radius 3 is 1.35 bits per heavy atom. The molecule has 0 bridgehead atoms. The quantitative estimate of drug-likeness (QED) is 0.171. The summed E-state index contributed by atoms with van der Waals surface area (Å²) in [5, 5.41) is 3.33. The van der Waals surface area contributed by atoms with Gasteiger partial charge in [0.2, 0.25) is 0 Å². The summed E-state index contributed by atoms with van der Waals surface area (Å²) in [4.78, 5) is 35.7. The first kappa shape index (κ1) is 58.1. The number of nitrogens with zero attached hydrogens (tertiary/aromatic N) is 4. The van der Waals surface area contributed by atoms with Gasteiger partial charge in [0.05, 0.1) is 35.0 Å². The molecule has 2 aromatic carbocycles. The highest BCUT2D eigenvalue weighted by Gasteiger charge is 2.48. The van der Waals surface area contributed by atoms with Crippen LogP contribution in [0.3, 0.4) is 0 Å².